The predicted molar refractivity (Wildman–Crippen MR) is 96.5 cm³/mol. The Kier molecular flexibility index (Phi) is 12.4. The summed E-state index contributed by atoms with van der Waals surface area (Å²) >= 11 is 0. The minimum atomic E-state index is -5.23. The first-order valence-corrected chi connectivity index (χ1v) is 10.6. The quantitative estimate of drug-likeness (QED) is 0.194. The van der Waals surface area contributed by atoms with Gasteiger partial charge >= 0.3 is 88.7 Å². The molecule has 0 atom stereocenters. The molecule has 0 heterocycles. The van der Waals surface area contributed by atoms with Crippen LogP contribution < -0.4 is 93.8 Å². The summed E-state index contributed by atoms with van der Waals surface area (Å²) < 4.78 is 68.2. The smallest absolute Gasteiger partial charge is 0.744 e. The number of carboxylic acid groups (broad SMARTS) is 1. The van der Waals surface area contributed by atoms with Crippen LogP contribution in [0.1, 0.15) is 10.4 Å². The molecule has 0 spiro atoms. The van der Waals surface area contributed by atoms with Crippen LogP contribution in [0.15, 0.2) is 68.6 Å². The van der Waals surface area contributed by atoms with E-state index in [9.17, 15) is 40.9 Å². The molecule has 11 nitrogen and oxygen atoms in total. The summed E-state index contributed by atoms with van der Waals surface area (Å²) in [7, 11) is -10.1. The van der Waals surface area contributed by atoms with Gasteiger partial charge in [-0.2, -0.15) is 0 Å². The van der Waals surface area contributed by atoms with Gasteiger partial charge in [-0.25, -0.2) is 16.8 Å². The fourth-order valence-corrected chi connectivity index (χ4v) is 3.73. The van der Waals surface area contributed by atoms with Gasteiger partial charge in [0.15, 0.2) is 5.75 Å². The Bertz CT molecular complexity index is 1440. The van der Waals surface area contributed by atoms with Gasteiger partial charge < -0.3 is 24.1 Å². The molecule has 3 rings (SSSR count). The van der Waals surface area contributed by atoms with E-state index in [1.165, 1.54) is 24.3 Å². The van der Waals surface area contributed by atoms with E-state index in [2.05, 4.69) is 10.2 Å². The van der Waals surface area contributed by atoms with Crippen LogP contribution in [0.3, 0.4) is 0 Å². The minimum absolute atomic E-state index is 0. The van der Waals surface area contributed by atoms with Crippen LogP contribution in [-0.4, -0.2) is 37.0 Å². The normalized spacial score (nSPS) is 11.3. The van der Waals surface area contributed by atoms with Crippen molar-refractivity contribution in [3.8, 4) is 5.75 Å². The van der Waals surface area contributed by atoms with Crippen LogP contribution >= 0.6 is 0 Å². The number of azo groups is 1. The second kappa shape index (κ2) is 12.5. The van der Waals surface area contributed by atoms with Gasteiger partial charge in [-0.15, -0.1) is 10.2 Å². The SMILES string of the molecule is O=C([O-])c1ccccc1N=Nc1c(O)c(S(=O)(=O)[O-])cc2cc(S(=O)(=O)[O-])ccc12.[Na+].[Na+].[Na+]. The van der Waals surface area contributed by atoms with Gasteiger partial charge in [0.2, 0.25) is 0 Å². The van der Waals surface area contributed by atoms with Gasteiger partial charge in [0.1, 0.15) is 25.9 Å². The average Bonchev–Trinajstić information content (AvgIpc) is 2.65. The number of hydrogen-bond acceptors (Lipinski definition) is 11. The van der Waals surface area contributed by atoms with Crippen molar-refractivity contribution in [1.82, 2.24) is 0 Å². The van der Waals surface area contributed by atoms with Gasteiger partial charge in [-0.3, -0.25) is 0 Å². The van der Waals surface area contributed by atoms with Crippen molar-refractivity contribution in [2.24, 2.45) is 10.2 Å². The molecule has 0 aliphatic carbocycles. The molecule has 0 bridgehead atoms. The molecule has 0 aliphatic heterocycles. The molecular weight excluding hydrogens is 509 g/mol. The first-order chi connectivity index (χ1) is 13.9. The molecule has 0 saturated heterocycles. The molecule has 16 heteroatoms. The van der Waals surface area contributed by atoms with Crippen molar-refractivity contribution < 1.29 is 130 Å². The maximum atomic E-state index is 11.5. The minimum Gasteiger partial charge on any atom is -0.744 e. The average molecular weight is 518 g/mol. The number of aromatic hydroxyl groups is 1. The maximum Gasteiger partial charge on any atom is 1.00 e. The number of fused-ring (bicyclic) bond motifs is 1. The Morgan fingerprint density at radius 2 is 1.45 bits per heavy atom. The van der Waals surface area contributed by atoms with Gasteiger partial charge in [-0.1, -0.05) is 24.3 Å². The molecule has 0 aliphatic rings. The number of phenolic OH excluding ortho intramolecular Hbond substituents is 1. The Balaban J connectivity index is 0.00000341. The molecule has 33 heavy (non-hydrogen) atoms. The van der Waals surface area contributed by atoms with Crippen molar-refractivity contribution in [3.05, 3.63) is 54.1 Å². The molecule has 3 aromatic carbocycles. The number of aromatic carboxylic acids is 1. The Morgan fingerprint density at radius 1 is 0.848 bits per heavy atom. The molecule has 0 amide bonds. The summed E-state index contributed by atoms with van der Waals surface area (Å²) in [6.07, 6.45) is 0. The molecule has 0 fully saturated rings. The zero-order chi connectivity index (χ0) is 22.3. The van der Waals surface area contributed by atoms with E-state index >= 15 is 0 Å². The van der Waals surface area contributed by atoms with Crippen LogP contribution in [0.25, 0.3) is 10.8 Å². The van der Waals surface area contributed by atoms with E-state index in [0.29, 0.717) is 6.07 Å². The van der Waals surface area contributed by atoms with Crippen LogP contribution in [0, 0.1) is 0 Å². The third-order valence-corrected chi connectivity index (χ3v) is 5.64. The molecular formula is C17H9N2Na3O9S2. The summed E-state index contributed by atoms with van der Waals surface area (Å²) in [5.74, 6) is -2.65. The largest absolute Gasteiger partial charge is 1.00 e. The third kappa shape index (κ3) is 7.54. The number of carboxylic acids is 1. The fraction of sp³-hybridized carbons (Fsp3) is 0. The molecule has 0 unspecified atom stereocenters. The number of nitrogens with zero attached hydrogens (tertiary/aromatic N) is 2. The number of phenols is 1. The Morgan fingerprint density at radius 3 is 2.00 bits per heavy atom. The van der Waals surface area contributed by atoms with Crippen LogP contribution in [0.4, 0.5) is 11.4 Å². The van der Waals surface area contributed by atoms with E-state index in [4.69, 9.17) is 0 Å². The van der Waals surface area contributed by atoms with Gasteiger partial charge in [0.25, 0.3) is 0 Å². The fourth-order valence-electron chi connectivity index (χ4n) is 2.61. The van der Waals surface area contributed by atoms with Gasteiger partial charge in [0.05, 0.1) is 21.4 Å². The molecule has 156 valence electrons. The number of benzene rings is 3. The van der Waals surface area contributed by atoms with Crippen molar-refractivity contribution >= 4 is 48.4 Å². The van der Waals surface area contributed by atoms with Crippen LogP contribution in [-0.2, 0) is 20.2 Å². The van der Waals surface area contributed by atoms with E-state index in [0.717, 1.165) is 18.2 Å². The van der Waals surface area contributed by atoms with Gasteiger partial charge in [-0.05, 0) is 29.7 Å². The van der Waals surface area contributed by atoms with Crippen molar-refractivity contribution in [2.45, 2.75) is 9.79 Å². The standard InChI is InChI=1S/C17H12N2O9S2.3Na/c20-16-14(30(26,27)28)8-9-7-10(29(23,24)25)5-6-11(9)15(16)19-18-13-4-2-1-3-12(13)17(21)22;;;/h1-8,20H,(H,21,22)(H,23,24,25)(H,26,27,28);;;/q;3*+1/p-3. The van der Waals surface area contributed by atoms with E-state index < -0.39 is 47.4 Å². The Labute approximate surface area is 254 Å². The van der Waals surface area contributed by atoms with Crippen molar-refractivity contribution in [2.75, 3.05) is 0 Å². The predicted octanol–water partition coefficient (Wildman–Crippen LogP) is -7.86. The number of hydrogen-bond donors (Lipinski definition) is 1. The molecule has 0 saturated carbocycles. The Hall–Kier alpha value is -0.390. The zero-order valence-electron chi connectivity index (χ0n) is 17.5. The second-order valence-electron chi connectivity index (χ2n) is 5.87. The molecule has 0 radical (unpaired) electrons. The van der Waals surface area contributed by atoms with E-state index in [1.807, 2.05) is 0 Å². The monoisotopic (exact) mass is 518 g/mol. The first kappa shape index (κ1) is 32.6. The van der Waals surface area contributed by atoms with Crippen LogP contribution in [0.2, 0.25) is 0 Å². The molecule has 3 aromatic rings. The summed E-state index contributed by atoms with van der Waals surface area (Å²) in [6.45, 7) is 0. The molecule has 1 N–H and O–H groups in total. The van der Waals surface area contributed by atoms with Crippen LogP contribution in [0.5, 0.6) is 5.75 Å². The van der Waals surface area contributed by atoms with Crippen molar-refractivity contribution in [3.63, 3.8) is 0 Å². The maximum absolute atomic E-state index is 11.5. The van der Waals surface area contributed by atoms with E-state index in [-0.39, 0.29) is 111 Å². The topological polar surface area (TPSA) is 199 Å². The third-order valence-electron chi connectivity index (χ3n) is 3.96. The second-order valence-corrected chi connectivity index (χ2v) is 8.60. The zero-order valence-corrected chi connectivity index (χ0v) is 25.2. The van der Waals surface area contributed by atoms with Gasteiger partial charge in [0, 0.05) is 10.9 Å². The summed E-state index contributed by atoms with van der Waals surface area (Å²) in [5, 5.41) is 28.5. The summed E-state index contributed by atoms with van der Waals surface area (Å²) in [6, 6.07) is 8.70. The number of carbonyl (C=O) groups is 1. The molecule has 0 aromatic heterocycles. The number of carbonyl (C=O) groups excluding carboxylic acids is 1. The van der Waals surface area contributed by atoms with Crippen molar-refractivity contribution in [1.29, 1.82) is 0 Å². The summed E-state index contributed by atoms with van der Waals surface area (Å²) in [5.41, 5.74) is -1.10. The van der Waals surface area contributed by atoms with E-state index in [1.54, 1.807) is 0 Å². The number of rotatable bonds is 5. The summed E-state index contributed by atoms with van der Waals surface area (Å²) in [4.78, 5) is 9.32. The first-order valence-electron chi connectivity index (χ1n) is 7.83.